The summed E-state index contributed by atoms with van der Waals surface area (Å²) in [7, 11) is 0. The number of benzene rings is 1. The number of hydrogen-bond donors (Lipinski definition) is 2. The SMILES string of the molecule is N#CC(C#N)=C(C#N)c1ccc(/C(c2ccccc2[N+](=O)[O-])=c2\ccc(=C(C#N)C#N)[nH]2)[nH]1. The summed E-state index contributed by atoms with van der Waals surface area (Å²) in [6.07, 6.45) is 0. The molecule has 10 heteroatoms. The summed E-state index contributed by atoms with van der Waals surface area (Å²) in [4.78, 5) is 17.0. The average molecular weight is 430 g/mol. The number of nitro benzene ring substituents is 1. The first-order chi connectivity index (χ1) is 16.0. The molecular weight excluding hydrogens is 420 g/mol. The smallest absolute Gasteiger partial charge is 0.277 e. The van der Waals surface area contributed by atoms with Gasteiger partial charge in [0.2, 0.25) is 0 Å². The molecule has 0 saturated carbocycles. The predicted molar refractivity (Wildman–Crippen MR) is 114 cm³/mol. The van der Waals surface area contributed by atoms with Crippen LogP contribution in [0.5, 0.6) is 0 Å². The van der Waals surface area contributed by atoms with Gasteiger partial charge in [0.05, 0.1) is 21.5 Å². The Morgan fingerprint density at radius 1 is 0.758 bits per heavy atom. The lowest BCUT2D eigenvalue weighted by molar-refractivity contribution is -0.385. The topological polar surface area (TPSA) is 194 Å². The molecule has 2 N–H and O–H groups in total. The molecule has 0 fully saturated rings. The predicted octanol–water partition coefficient (Wildman–Crippen LogP) is 2.02. The lowest BCUT2D eigenvalue weighted by Crippen LogP contribution is -2.16. The number of H-pyrrole nitrogens is 2. The third-order valence-corrected chi connectivity index (χ3v) is 4.63. The van der Waals surface area contributed by atoms with E-state index in [4.69, 9.17) is 21.0 Å². The molecule has 154 valence electrons. The van der Waals surface area contributed by atoms with E-state index in [1.165, 1.54) is 30.3 Å². The summed E-state index contributed by atoms with van der Waals surface area (Å²) < 4.78 is 0. The quantitative estimate of drug-likeness (QED) is 0.359. The van der Waals surface area contributed by atoms with Crippen LogP contribution in [0.3, 0.4) is 0 Å². The van der Waals surface area contributed by atoms with Crippen LogP contribution < -0.4 is 10.7 Å². The van der Waals surface area contributed by atoms with Gasteiger partial charge in [-0.3, -0.25) is 10.1 Å². The second kappa shape index (κ2) is 9.28. The number of hydrogen-bond acceptors (Lipinski definition) is 7. The van der Waals surface area contributed by atoms with Crippen molar-refractivity contribution in [1.29, 1.82) is 26.3 Å². The Bertz CT molecular complexity index is 1620. The maximum atomic E-state index is 11.7. The van der Waals surface area contributed by atoms with E-state index in [0.717, 1.165) is 0 Å². The Hall–Kier alpha value is -5.89. The van der Waals surface area contributed by atoms with Gasteiger partial charge >= 0.3 is 0 Å². The molecule has 3 aromatic rings. The van der Waals surface area contributed by atoms with Crippen molar-refractivity contribution in [3.8, 4) is 30.3 Å². The van der Waals surface area contributed by atoms with Gasteiger partial charge in [0.15, 0.2) is 5.57 Å². The van der Waals surface area contributed by atoms with E-state index >= 15 is 0 Å². The van der Waals surface area contributed by atoms with E-state index in [0.29, 0.717) is 16.6 Å². The van der Waals surface area contributed by atoms with Crippen molar-refractivity contribution in [2.75, 3.05) is 0 Å². The van der Waals surface area contributed by atoms with Gasteiger partial charge in [-0.15, -0.1) is 0 Å². The number of nitro groups is 1. The van der Waals surface area contributed by atoms with E-state index in [2.05, 4.69) is 9.97 Å². The molecule has 33 heavy (non-hydrogen) atoms. The summed E-state index contributed by atoms with van der Waals surface area (Å²) in [6.45, 7) is 0. The standard InChI is InChI=1S/C23H10N8O2/c24-9-14(10-25)17(13-28)19-6-8-21(30-19)23(16-3-1-2-4-22(16)31(32)33)20-7-5-18(29-20)15(11-26)12-27/h1-8,29-30H/b23-20+. The van der Waals surface area contributed by atoms with Crippen LogP contribution in [0, 0.1) is 66.8 Å². The molecule has 0 unspecified atom stereocenters. The Morgan fingerprint density at radius 2 is 1.39 bits per heavy atom. The van der Waals surface area contributed by atoms with Gasteiger partial charge in [-0.1, -0.05) is 12.1 Å². The van der Waals surface area contributed by atoms with Crippen LogP contribution in [0.25, 0.3) is 16.7 Å². The molecule has 0 amide bonds. The third kappa shape index (κ3) is 4.06. The Labute approximate surface area is 186 Å². The minimum Gasteiger partial charge on any atom is -0.354 e. The molecule has 0 aliphatic rings. The molecule has 2 heterocycles. The molecule has 2 aromatic heterocycles. The van der Waals surface area contributed by atoms with E-state index in [1.807, 2.05) is 6.07 Å². The molecule has 1 aromatic carbocycles. The van der Waals surface area contributed by atoms with Crippen LogP contribution in [0.4, 0.5) is 5.69 Å². The Balaban J connectivity index is 2.43. The van der Waals surface area contributed by atoms with Gasteiger partial charge in [-0.25, -0.2) is 0 Å². The zero-order valence-electron chi connectivity index (χ0n) is 16.6. The maximum Gasteiger partial charge on any atom is 0.277 e. The van der Waals surface area contributed by atoms with Gasteiger partial charge in [-0.2, -0.15) is 26.3 Å². The summed E-state index contributed by atoms with van der Waals surface area (Å²) in [5.74, 6) is 0. The van der Waals surface area contributed by atoms with Crippen molar-refractivity contribution in [3.05, 3.63) is 91.9 Å². The summed E-state index contributed by atoms with van der Waals surface area (Å²) in [5.41, 5.74) is 0.132. The Kier molecular flexibility index (Phi) is 6.14. The van der Waals surface area contributed by atoms with E-state index in [1.54, 1.807) is 42.5 Å². The zero-order chi connectivity index (χ0) is 24.0. The normalized spacial score (nSPS) is 10.4. The number of nitrogens with one attached hydrogen (secondary N) is 2. The summed E-state index contributed by atoms with van der Waals surface area (Å²) >= 11 is 0. The number of nitrogens with zero attached hydrogens (tertiary/aromatic N) is 6. The highest BCUT2D eigenvalue weighted by Gasteiger charge is 2.21. The van der Waals surface area contributed by atoms with Crippen molar-refractivity contribution in [1.82, 2.24) is 9.97 Å². The molecule has 0 radical (unpaired) electrons. The minimum atomic E-state index is -0.546. The van der Waals surface area contributed by atoms with Gasteiger partial charge < -0.3 is 9.97 Å². The number of para-hydroxylation sites is 1. The molecule has 0 aliphatic carbocycles. The number of aromatic nitrogens is 2. The van der Waals surface area contributed by atoms with Crippen molar-refractivity contribution in [3.63, 3.8) is 0 Å². The van der Waals surface area contributed by atoms with Crippen LogP contribution in [0.1, 0.15) is 17.0 Å². The van der Waals surface area contributed by atoms with Gasteiger partial charge in [0, 0.05) is 22.7 Å². The second-order valence-corrected chi connectivity index (χ2v) is 6.40. The average Bonchev–Trinajstić information content (AvgIpc) is 3.49. The van der Waals surface area contributed by atoms with Crippen LogP contribution >= 0.6 is 0 Å². The maximum absolute atomic E-state index is 11.7. The van der Waals surface area contributed by atoms with Crippen molar-refractivity contribution < 1.29 is 4.92 Å². The summed E-state index contributed by atoms with van der Waals surface area (Å²) in [6, 6.07) is 20.8. The fourth-order valence-corrected chi connectivity index (χ4v) is 3.19. The van der Waals surface area contributed by atoms with E-state index < -0.39 is 4.92 Å². The fourth-order valence-electron chi connectivity index (χ4n) is 3.19. The molecule has 0 atom stereocenters. The molecule has 0 spiro atoms. The highest BCUT2D eigenvalue weighted by atomic mass is 16.6. The van der Waals surface area contributed by atoms with Crippen LogP contribution in [-0.4, -0.2) is 14.9 Å². The summed E-state index contributed by atoms with van der Waals surface area (Å²) in [5, 5.41) is 58.2. The number of allylic oxidation sites excluding steroid dienone is 2. The second-order valence-electron chi connectivity index (χ2n) is 6.40. The van der Waals surface area contributed by atoms with E-state index in [-0.39, 0.29) is 39.0 Å². The number of aromatic amines is 2. The largest absolute Gasteiger partial charge is 0.354 e. The van der Waals surface area contributed by atoms with Crippen LogP contribution in [-0.2, 0) is 0 Å². The minimum absolute atomic E-state index is 0.169. The molecule has 3 rings (SSSR count). The highest BCUT2D eigenvalue weighted by Crippen LogP contribution is 2.29. The van der Waals surface area contributed by atoms with Crippen LogP contribution in [0.15, 0.2) is 54.1 Å². The zero-order valence-corrected chi connectivity index (χ0v) is 16.6. The first-order valence-electron chi connectivity index (χ1n) is 9.11. The molecule has 0 bridgehead atoms. The molecule has 0 saturated heterocycles. The van der Waals surface area contributed by atoms with Gasteiger partial charge in [-0.05, 0) is 30.3 Å². The van der Waals surface area contributed by atoms with Crippen LogP contribution in [0.2, 0.25) is 0 Å². The molecule has 0 aliphatic heterocycles. The lowest BCUT2D eigenvalue weighted by atomic mass is 10.0. The first kappa shape index (κ1) is 21.8. The van der Waals surface area contributed by atoms with Gasteiger partial charge in [0.1, 0.15) is 41.5 Å². The third-order valence-electron chi connectivity index (χ3n) is 4.63. The monoisotopic (exact) mass is 430 g/mol. The number of rotatable bonds is 4. The Morgan fingerprint density at radius 3 is 2.00 bits per heavy atom. The molecule has 10 nitrogen and oxygen atoms in total. The van der Waals surface area contributed by atoms with Crippen molar-refractivity contribution in [2.45, 2.75) is 0 Å². The number of nitriles is 5. The van der Waals surface area contributed by atoms with Gasteiger partial charge in [0.25, 0.3) is 5.69 Å². The molecular formula is C23H10N8O2. The van der Waals surface area contributed by atoms with Crippen molar-refractivity contribution >= 4 is 22.4 Å². The van der Waals surface area contributed by atoms with E-state index in [9.17, 15) is 15.4 Å². The lowest BCUT2D eigenvalue weighted by Gasteiger charge is -2.07. The highest BCUT2D eigenvalue weighted by molar-refractivity contribution is 5.86. The first-order valence-corrected chi connectivity index (χ1v) is 9.11. The fraction of sp³-hybridized carbons (Fsp3) is 0. The van der Waals surface area contributed by atoms with Crippen molar-refractivity contribution in [2.24, 2.45) is 0 Å².